The lowest BCUT2D eigenvalue weighted by molar-refractivity contribution is -0.141. The third-order valence-electron chi connectivity index (χ3n) is 3.21. The molecular formula is C13H17NO2. The van der Waals surface area contributed by atoms with Crippen molar-refractivity contribution in [2.45, 2.75) is 26.2 Å². The van der Waals surface area contributed by atoms with E-state index in [9.17, 15) is 4.79 Å². The van der Waals surface area contributed by atoms with Gasteiger partial charge in [0.25, 0.3) is 0 Å². The van der Waals surface area contributed by atoms with Gasteiger partial charge in [-0.25, -0.2) is 0 Å². The fourth-order valence-electron chi connectivity index (χ4n) is 2.13. The van der Waals surface area contributed by atoms with Gasteiger partial charge in [0.15, 0.2) is 0 Å². The Kier molecular flexibility index (Phi) is 2.86. The van der Waals surface area contributed by atoms with E-state index in [1.54, 1.807) is 6.92 Å². The molecule has 0 bridgehead atoms. The number of carboxylic acid groups (broad SMARTS) is 1. The van der Waals surface area contributed by atoms with Crippen LogP contribution in [0.25, 0.3) is 0 Å². The van der Waals surface area contributed by atoms with Crippen LogP contribution in [-0.4, -0.2) is 17.6 Å². The molecule has 1 aromatic rings. The van der Waals surface area contributed by atoms with Crippen molar-refractivity contribution in [3.63, 3.8) is 0 Å². The molecule has 0 aliphatic carbocycles. The minimum Gasteiger partial charge on any atom is -0.481 e. The van der Waals surface area contributed by atoms with Gasteiger partial charge in [0, 0.05) is 18.2 Å². The zero-order valence-electron chi connectivity index (χ0n) is 9.66. The van der Waals surface area contributed by atoms with Crippen molar-refractivity contribution in [1.29, 1.82) is 0 Å². The molecule has 3 nitrogen and oxygen atoms in total. The van der Waals surface area contributed by atoms with Crippen LogP contribution in [0.4, 0.5) is 5.69 Å². The second-order valence-corrected chi connectivity index (χ2v) is 4.65. The fraction of sp³-hybridized carbons (Fsp3) is 0.462. The van der Waals surface area contributed by atoms with Crippen molar-refractivity contribution in [2.24, 2.45) is 5.92 Å². The van der Waals surface area contributed by atoms with Crippen molar-refractivity contribution in [1.82, 2.24) is 0 Å². The summed E-state index contributed by atoms with van der Waals surface area (Å²) in [5, 5.41) is 12.2. The smallest absolute Gasteiger partial charge is 0.306 e. The van der Waals surface area contributed by atoms with E-state index < -0.39 is 5.97 Å². The molecule has 0 aromatic heterocycles. The minimum atomic E-state index is -0.734. The van der Waals surface area contributed by atoms with Gasteiger partial charge in [-0.1, -0.05) is 26.0 Å². The van der Waals surface area contributed by atoms with Crippen LogP contribution in [0.5, 0.6) is 0 Å². The standard InChI is InChI=1S/C13H17NO2/c1-8(13(15)16)5-10-3-4-11-9(2)7-14-12(11)6-10/h3-4,6,8-9,14H,5,7H2,1-2H3,(H,15,16). The number of anilines is 1. The van der Waals surface area contributed by atoms with Gasteiger partial charge in [0.1, 0.15) is 0 Å². The molecule has 1 aliphatic heterocycles. The van der Waals surface area contributed by atoms with Gasteiger partial charge in [-0.3, -0.25) is 4.79 Å². The first-order chi connectivity index (χ1) is 7.58. The molecule has 0 radical (unpaired) electrons. The van der Waals surface area contributed by atoms with E-state index in [-0.39, 0.29) is 5.92 Å². The van der Waals surface area contributed by atoms with Crippen molar-refractivity contribution in [2.75, 3.05) is 11.9 Å². The Bertz CT molecular complexity index is 414. The SMILES string of the molecule is CC(Cc1ccc2c(c1)NCC2C)C(=O)O. The highest BCUT2D eigenvalue weighted by atomic mass is 16.4. The number of fused-ring (bicyclic) bond motifs is 1. The van der Waals surface area contributed by atoms with Crippen LogP contribution in [0.1, 0.15) is 30.9 Å². The molecule has 1 heterocycles. The van der Waals surface area contributed by atoms with Crippen LogP contribution < -0.4 is 5.32 Å². The van der Waals surface area contributed by atoms with Gasteiger partial charge in [-0.2, -0.15) is 0 Å². The van der Waals surface area contributed by atoms with E-state index in [2.05, 4.69) is 24.4 Å². The first-order valence-corrected chi connectivity index (χ1v) is 5.67. The van der Waals surface area contributed by atoms with E-state index in [1.165, 1.54) is 11.3 Å². The van der Waals surface area contributed by atoms with Gasteiger partial charge < -0.3 is 10.4 Å². The Balaban J connectivity index is 2.16. The number of nitrogens with one attached hydrogen (secondary N) is 1. The Hall–Kier alpha value is -1.51. The second-order valence-electron chi connectivity index (χ2n) is 4.65. The quantitative estimate of drug-likeness (QED) is 0.821. The number of hydrogen-bond donors (Lipinski definition) is 2. The molecule has 2 N–H and O–H groups in total. The summed E-state index contributed by atoms with van der Waals surface area (Å²) >= 11 is 0. The summed E-state index contributed by atoms with van der Waals surface area (Å²) in [5.41, 5.74) is 3.60. The van der Waals surface area contributed by atoms with Gasteiger partial charge in [-0.05, 0) is 23.6 Å². The van der Waals surface area contributed by atoms with Gasteiger partial charge in [-0.15, -0.1) is 0 Å². The predicted molar refractivity (Wildman–Crippen MR) is 63.9 cm³/mol. The van der Waals surface area contributed by atoms with Gasteiger partial charge >= 0.3 is 5.97 Å². The van der Waals surface area contributed by atoms with Gasteiger partial charge in [0.05, 0.1) is 5.92 Å². The summed E-state index contributed by atoms with van der Waals surface area (Å²) in [5.74, 6) is -0.500. The molecular weight excluding hydrogens is 202 g/mol. The third-order valence-corrected chi connectivity index (χ3v) is 3.21. The molecule has 1 aromatic carbocycles. The minimum absolute atomic E-state index is 0.322. The average Bonchev–Trinajstić information content (AvgIpc) is 2.60. The highest BCUT2D eigenvalue weighted by Crippen LogP contribution is 2.32. The number of benzene rings is 1. The van der Waals surface area contributed by atoms with Crippen molar-refractivity contribution < 1.29 is 9.90 Å². The molecule has 2 unspecified atom stereocenters. The summed E-state index contributed by atoms with van der Waals surface area (Å²) in [6.45, 7) is 4.91. The van der Waals surface area contributed by atoms with Crippen molar-refractivity contribution >= 4 is 11.7 Å². The maximum Gasteiger partial charge on any atom is 0.306 e. The number of hydrogen-bond acceptors (Lipinski definition) is 2. The van der Waals surface area contributed by atoms with E-state index in [4.69, 9.17) is 5.11 Å². The van der Waals surface area contributed by atoms with Crippen LogP contribution in [0.2, 0.25) is 0 Å². The summed E-state index contributed by atoms with van der Waals surface area (Å²) < 4.78 is 0. The van der Waals surface area contributed by atoms with Crippen LogP contribution in [-0.2, 0) is 11.2 Å². The van der Waals surface area contributed by atoms with E-state index in [1.807, 2.05) is 6.07 Å². The summed E-state index contributed by atoms with van der Waals surface area (Å²) in [4.78, 5) is 10.8. The van der Waals surface area contributed by atoms with Crippen LogP contribution in [0, 0.1) is 5.92 Å². The zero-order valence-corrected chi connectivity index (χ0v) is 9.66. The van der Waals surface area contributed by atoms with E-state index >= 15 is 0 Å². The molecule has 0 fully saturated rings. The Labute approximate surface area is 95.5 Å². The van der Waals surface area contributed by atoms with Crippen LogP contribution in [0.15, 0.2) is 18.2 Å². The lowest BCUT2D eigenvalue weighted by atomic mass is 9.97. The number of carbonyl (C=O) groups is 1. The van der Waals surface area contributed by atoms with Crippen molar-refractivity contribution in [3.05, 3.63) is 29.3 Å². The summed E-state index contributed by atoms with van der Waals surface area (Å²) in [6.07, 6.45) is 0.596. The highest BCUT2D eigenvalue weighted by Gasteiger charge is 2.19. The lowest BCUT2D eigenvalue weighted by Gasteiger charge is -2.08. The van der Waals surface area contributed by atoms with Gasteiger partial charge in [0.2, 0.25) is 0 Å². The molecule has 16 heavy (non-hydrogen) atoms. The Morgan fingerprint density at radius 3 is 3.06 bits per heavy atom. The molecule has 3 heteroatoms. The number of rotatable bonds is 3. The maximum absolute atomic E-state index is 10.8. The highest BCUT2D eigenvalue weighted by molar-refractivity contribution is 5.70. The van der Waals surface area contributed by atoms with E-state index in [0.29, 0.717) is 12.3 Å². The first-order valence-electron chi connectivity index (χ1n) is 5.67. The predicted octanol–water partition coefficient (Wildman–Crippen LogP) is 2.48. The van der Waals surface area contributed by atoms with Crippen LogP contribution in [0.3, 0.4) is 0 Å². The first kappa shape index (κ1) is 11.0. The average molecular weight is 219 g/mol. The number of carboxylic acids is 1. The lowest BCUT2D eigenvalue weighted by Crippen LogP contribution is -2.12. The monoisotopic (exact) mass is 219 g/mol. The molecule has 86 valence electrons. The largest absolute Gasteiger partial charge is 0.481 e. The third kappa shape index (κ3) is 2.03. The summed E-state index contributed by atoms with van der Waals surface area (Å²) in [6, 6.07) is 6.24. The Morgan fingerprint density at radius 2 is 2.38 bits per heavy atom. The maximum atomic E-state index is 10.8. The van der Waals surface area contributed by atoms with E-state index in [0.717, 1.165) is 12.1 Å². The fourth-order valence-corrected chi connectivity index (χ4v) is 2.13. The van der Waals surface area contributed by atoms with Crippen LogP contribution >= 0.6 is 0 Å². The molecule has 1 aliphatic rings. The summed E-state index contributed by atoms with van der Waals surface area (Å²) in [7, 11) is 0. The second kappa shape index (κ2) is 4.16. The van der Waals surface area contributed by atoms with Crippen molar-refractivity contribution in [3.8, 4) is 0 Å². The molecule has 0 saturated carbocycles. The zero-order chi connectivity index (χ0) is 11.7. The number of aliphatic carboxylic acids is 1. The molecule has 0 amide bonds. The molecule has 0 saturated heterocycles. The Morgan fingerprint density at radius 1 is 1.62 bits per heavy atom. The molecule has 0 spiro atoms. The molecule has 2 atom stereocenters. The topological polar surface area (TPSA) is 49.3 Å². The molecule has 2 rings (SSSR count). The normalized spacial score (nSPS) is 20.0.